The SMILES string of the molecule is COc1ccccc1CCNc1cc(C)nc(NCc2cccnc2)n1. The highest BCUT2D eigenvalue weighted by Crippen LogP contribution is 2.18. The third-order valence-corrected chi connectivity index (χ3v) is 3.92. The molecule has 0 aliphatic heterocycles. The smallest absolute Gasteiger partial charge is 0.225 e. The maximum atomic E-state index is 5.39. The molecule has 26 heavy (non-hydrogen) atoms. The van der Waals surface area contributed by atoms with Gasteiger partial charge in [0.05, 0.1) is 7.11 Å². The third kappa shape index (κ3) is 4.92. The molecule has 0 aliphatic rings. The normalized spacial score (nSPS) is 10.4. The van der Waals surface area contributed by atoms with Crippen molar-refractivity contribution in [2.75, 3.05) is 24.3 Å². The first-order valence-corrected chi connectivity index (χ1v) is 8.59. The molecule has 0 spiro atoms. The van der Waals surface area contributed by atoms with Crippen molar-refractivity contribution in [1.82, 2.24) is 15.0 Å². The van der Waals surface area contributed by atoms with E-state index in [1.807, 2.05) is 49.5 Å². The molecule has 2 N–H and O–H groups in total. The molecule has 0 fully saturated rings. The van der Waals surface area contributed by atoms with E-state index >= 15 is 0 Å². The molecule has 2 heterocycles. The minimum atomic E-state index is 0.605. The van der Waals surface area contributed by atoms with Gasteiger partial charge in [-0.15, -0.1) is 0 Å². The Labute approximate surface area is 153 Å². The van der Waals surface area contributed by atoms with Gasteiger partial charge in [0.25, 0.3) is 0 Å². The summed E-state index contributed by atoms with van der Waals surface area (Å²) in [6, 6.07) is 13.9. The van der Waals surface area contributed by atoms with Crippen LogP contribution in [0, 0.1) is 6.92 Å². The van der Waals surface area contributed by atoms with Gasteiger partial charge < -0.3 is 15.4 Å². The number of hydrogen-bond donors (Lipinski definition) is 2. The van der Waals surface area contributed by atoms with Crippen molar-refractivity contribution in [3.05, 3.63) is 71.7 Å². The van der Waals surface area contributed by atoms with Gasteiger partial charge in [-0.25, -0.2) is 4.98 Å². The largest absolute Gasteiger partial charge is 0.496 e. The first-order chi connectivity index (χ1) is 12.7. The molecule has 0 radical (unpaired) electrons. The lowest BCUT2D eigenvalue weighted by Crippen LogP contribution is -2.10. The summed E-state index contributed by atoms with van der Waals surface area (Å²) in [7, 11) is 1.69. The van der Waals surface area contributed by atoms with Gasteiger partial charge in [-0.1, -0.05) is 24.3 Å². The van der Waals surface area contributed by atoms with Gasteiger partial charge in [0.2, 0.25) is 5.95 Å². The van der Waals surface area contributed by atoms with Crippen LogP contribution >= 0.6 is 0 Å². The van der Waals surface area contributed by atoms with Crippen molar-refractivity contribution in [1.29, 1.82) is 0 Å². The Hall–Kier alpha value is -3.15. The highest BCUT2D eigenvalue weighted by Gasteiger charge is 2.04. The Bertz CT molecular complexity index is 839. The maximum absolute atomic E-state index is 5.39. The quantitative estimate of drug-likeness (QED) is 0.649. The third-order valence-electron chi connectivity index (χ3n) is 3.92. The number of aromatic nitrogens is 3. The summed E-state index contributed by atoms with van der Waals surface area (Å²) < 4.78 is 5.39. The average Bonchev–Trinajstić information content (AvgIpc) is 2.67. The molecular weight excluding hydrogens is 326 g/mol. The zero-order valence-electron chi connectivity index (χ0n) is 15.1. The van der Waals surface area contributed by atoms with E-state index in [0.717, 1.165) is 35.8 Å². The predicted octanol–water partition coefficient (Wildman–Crippen LogP) is 3.46. The number of benzene rings is 1. The van der Waals surface area contributed by atoms with Crippen LogP contribution in [-0.4, -0.2) is 28.6 Å². The van der Waals surface area contributed by atoms with E-state index in [1.165, 1.54) is 5.56 Å². The van der Waals surface area contributed by atoms with Crippen molar-refractivity contribution in [2.45, 2.75) is 19.9 Å². The molecule has 0 aliphatic carbocycles. The van der Waals surface area contributed by atoms with Gasteiger partial charge >= 0.3 is 0 Å². The van der Waals surface area contributed by atoms with Crippen molar-refractivity contribution in [3.8, 4) is 5.75 Å². The average molecular weight is 349 g/mol. The van der Waals surface area contributed by atoms with Crippen LogP contribution in [-0.2, 0) is 13.0 Å². The first kappa shape index (κ1) is 17.7. The molecule has 0 unspecified atom stereocenters. The Morgan fingerprint density at radius 3 is 2.73 bits per heavy atom. The van der Waals surface area contributed by atoms with Gasteiger partial charge in [-0.3, -0.25) is 4.98 Å². The number of rotatable bonds is 8. The lowest BCUT2D eigenvalue weighted by molar-refractivity contribution is 0.410. The van der Waals surface area contributed by atoms with Crippen LogP contribution in [0.3, 0.4) is 0 Å². The molecular formula is C20H23N5O. The van der Waals surface area contributed by atoms with E-state index in [1.54, 1.807) is 13.3 Å². The number of anilines is 2. The topological polar surface area (TPSA) is 72.0 Å². The molecule has 6 heteroatoms. The van der Waals surface area contributed by atoms with Crippen LogP contribution < -0.4 is 15.4 Å². The van der Waals surface area contributed by atoms with Crippen molar-refractivity contribution in [3.63, 3.8) is 0 Å². The van der Waals surface area contributed by atoms with E-state index in [-0.39, 0.29) is 0 Å². The molecule has 134 valence electrons. The Morgan fingerprint density at radius 2 is 1.92 bits per heavy atom. The number of aryl methyl sites for hydroxylation is 1. The predicted molar refractivity (Wildman–Crippen MR) is 104 cm³/mol. The highest BCUT2D eigenvalue weighted by atomic mass is 16.5. The second-order valence-electron chi connectivity index (χ2n) is 5.92. The molecule has 2 aromatic heterocycles. The minimum absolute atomic E-state index is 0.605. The van der Waals surface area contributed by atoms with Crippen molar-refractivity contribution >= 4 is 11.8 Å². The molecule has 0 saturated carbocycles. The number of nitrogens with one attached hydrogen (secondary N) is 2. The zero-order valence-corrected chi connectivity index (χ0v) is 15.1. The number of para-hydroxylation sites is 1. The lowest BCUT2D eigenvalue weighted by atomic mass is 10.1. The van der Waals surface area contributed by atoms with E-state index in [4.69, 9.17) is 4.74 Å². The monoisotopic (exact) mass is 349 g/mol. The van der Waals surface area contributed by atoms with Gasteiger partial charge in [0.1, 0.15) is 11.6 Å². The van der Waals surface area contributed by atoms with Crippen molar-refractivity contribution < 1.29 is 4.74 Å². The van der Waals surface area contributed by atoms with E-state index in [9.17, 15) is 0 Å². The second-order valence-corrected chi connectivity index (χ2v) is 5.92. The summed E-state index contributed by atoms with van der Waals surface area (Å²) in [5, 5.41) is 6.61. The summed E-state index contributed by atoms with van der Waals surface area (Å²) in [5.74, 6) is 2.32. The van der Waals surface area contributed by atoms with Gasteiger partial charge in [0.15, 0.2) is 0 Å². The highest BCUT2D eigenvalue weighted by molar-refractivity contribution is 5.43. The molecule has 1 aromatic carbocycles. The number of ether oxygens (including phenoxy) is 1. The molecule has 0 amide bonds. The summed E-state index contributed by atoms with van der Waals surface area (Å²) in [6.07, 6.45) is 4.44. The lowest BCUT2D eigenvalue weighted by Gasteiger charge is -2.11. The van der Waals surface area contributed by atoms with Crippen LogP contribution in [0.2, 0.25) is 0 Å². The maximum Gasteiger partial charge on any atom is 0.225 e. The fraction of sp³-hybridized carbons (Fsp3) is 0.250. The zero-order chi connectivity index (χ0) is 18.2. The Morgan fingerprint density at radius 1 is 1.04 bits per heavy atom. The van der Waals surface area contributed by atoms with Crippen LogP contribution in [0.1, 0.15) is 16.8 Å². The number of hydrogen-bond acceptors (Lipinski definition) is 6. The van der Waals surface area contributed by atoms with Crippen molar-refractivity contribution in [2.24, 2.45) is 0 Å². The van der Waals surface area contributed by atoms with E-state index in [2.05, 4.69) is 31.7 Å². The summed E-state index contributed by atoms with van der Waals surface area (Å²) in [4.78, 5) is 13.1. The fourth-order valence-electron chi connectivity index (χ4n) is 2.66. The van der Waals surface area contributed by atoms with Crippen LogP contribution in [0.15, 0.2) is 54.9 Å². The molecule has 0 atom stereocenters. The Balaban J connectivity index is 1.59. The van der Waals surface area contributed by atoms with Crippen LogP contribution in [0.4, 0.5) is 11.8 Å². The number of nitrogens with zero attached hydrogens (tertiary/aromatic N) is 3. The summed E-state index contributed by atoms with van der Waals surface area (Å²) >= 11 is 0. The second kappa shape index (κ2) is 8.80. The number of methoxy groups -OCH3 is 1. The molecule has 3 rings (SSSR count). The molecule has 0 saturated heterocycles. The van der Waals surface area contributed by atoms with E-state index in [0.29, 0.717) is 12.5 Å². The summed E-state index contributed by atoms with van der Waals surface area (Å²) in [6.45, 7) is 3.36. The standard InChI is InChI=1S/C20H23N5O/c1-15-12-19(22-11-9-17-7-3-4-8-18(17)26-2)25-20(24-15)23-14-16-6-5-10-21-13-16/h3-8,10,12-13H,9,11,14H2,1-2H3,(H2,22,23,24,25). The molecule has 0 bridgehead atoms. The van der Waals surface area contributed by atoms with Gasteiger partial charge in [-0.05, 0) is 36.6 Å². The summed E-state index contributed by atoms with van der Waals surface area (Å²) in [5.41, 5.74) is 3.17. The Kier molecular flexibility index (Phi) is 5.98. The first-order valence-electron chi connectivity index (χ1n) is 8.59. The molecule has 3 aromatic rings. The fourth-order valence-corrected chi connectivity index (χ4v) is 2.66. The van der Waals surface area contributed by atoms with E-state index < -0.39 is 0 Å². The van der Waals surface area contributed by atoms with Gasteiger partial charge in [-0.2, -0.15) is 4.98 Å². The molecule has 6 nitrogen and oxygen atoms in total. The van der Waals surface area contributed by atoms with Crippen LogP contribution in [0.25, 0.3) is 0 Å². The van der Waals surface area contributed by atoms with Crippen LogP contribution in [0.5, 0.6) is 5.75 Å². The van der Waals surface area contributed by atoms with Gasteiger partial charge in [0, 0.05) is 37.2 Å². The number of pyridine rings is 1. The minimum Gasteiger partial charge on any atom is -0.496 e.